The van der Waals surface area contributed by atoms with Gasteiger partial charge in [0.1, 0.15) is 15.6 Å². The first kappa shape index (κ1) is 21.8. The number of nitro groups is 1. The van der Waals surface area contributed by atoms with E-state index in [-0.39, 0.29) is 27.4 Å². The number of aromatic amines is 1. The summed E-state index contributed by atoms with van der Waals surface area (Å²) >= 11 is 8.88. The fourth-order valence-corrected chi connectivity index (χ4v) is 4.52. The number of nitrogens with one attached hydrogen (secondary N) is 2. The molecule has 2 N–H and O–H groups in total. The smallest absolute Gasteiger partial charge is 0.289 e. The van der Waals surface area contributed by atoms with E-state index in [9.17, 15) is 14.6 Å². The molecule has 15 heteroatoms. The molecule has 1 unspecified atom stereocenters. The van der Waals surface area contributed by atoms with Gasteiger partial charge in [0, 0.05) is 17.5 Å². The molecule has 3 rings (SSSR count). The maximum atomic E-state index is 13.7. The van der Waals surface area contributed by atoms with Crippen molar-refractivity contribution in [3.8, 4) is 5.75 Å². The fourth-order valence-electron chi connectivity index (χ4n) is 2.18. The van der Waals surface area contributed by atoms with Crippen LogP contribution in [0.3, 0.4) is 0 Å². The van der Waals surface area contributed by atoms with Gasteiger partial charge in [0.25, 0.3) is 15.1 Å². The van der Waals surface area contributed by atoms with Crippen LogP contribution < -0.4 is 10.1 Å². The van der Waals surface area contributed by atoms with Crippen molar-refractivity contribution in [1.29, 1.82) is 0 Å². The lowest BCUT2D eigenvalue weighted by Gasteiger charge is -2.20. The highest BCUT2D eigenvalue weighted by Gasteiger charge is 2.46. The molecule has 1 aromatic carbocycles. The number of aromatic nitrogens is 4. The van der Waals surface area contributed by atoms with Gasteiger partial charge in [0.2, 0.25) is 0 Å². The first-order valence-corrected chi connectivity index (χ1v) is 10.6. The minimum atomic E-state index is -1.99. The van der Waals surface area contributed by atoms with Crippen molar-refractivity contribution in [3.63, 3.8) is 0 Å². The Bertz CT molecular complexity index is 1010. The number of halogens is 3. The van der Waals surface area contributed by atoms with Gasteiger partial charge in [-0.3, -0.25) is 10.1 Å². The lowest BCUT2D eigenvalue weighted by Crippen LogP contribution is -2.26. The minimum absolute atomic E-state index is 0.00659. The lowest BCUT2D eigenvalue weighted by molar-refractivity contribution is -0.286. The fraction of sp³-hybridized carbons (Fsp3) is 0.214. The van der Waals surface area contributed by atoms with Crippen molar-refractivity contribution in [2.45, 2.75) is 15.2 Å². The highest BCUT2D eigenvalue weighted by Crippen LogP contribution is 2.50. The van der Waals surface area contributed by atoms with Crippen molar-refractivity contribution < 1.29 is 13.5 Å². The number of thioether (sulfide) groups is 1. The molecule has 0 fully saturated rings. The number of rotatable bonds is 9. The van der Waals surface area contributed by atoms with Crippen LogP contribution >= 0.6 is 51.4 Å². The number of H-pyrrole nitrogens is 1. The molecule has 2 heterocycles. The van der Waals surface area contributed by atoms with Crippen molar-refractivity contribution in [2.24, 2.45) is 0 Å². The molecule has 0 aliphatic heterocycles. The van der Waals surface area contributed by atoms with Gasteiger partial charge in [-0.15, -0.1) is 4.48 Å². The third-order valence-corrected chi connectivity index (χ3v) is 6.97. The van der Waals surface area contributed by atoms with Crippen molar-refractivity contribution in [1.82, 2.24) is 24.6 Å². The Kier molecular flexibility index (Phi) is 7.00. The first-order valence-electron chi connectivity index (χ1n) is 7.85. The number of imidazole rings is 1. The highest BCUT2D eigenvalue weighted by atomic mass is 79.9. The van der Waals surface area contributed by atoms with Crippen LogP contribution in [0.1, 0.15) is 6.92 Å². The monoisotopic (exact) mass is 523 g/mol. The Morgan fingerprint density at radius 2 is 2.17 bits per heavy atom. The van der Waals surface area contributed by atoms with Crippen molar-refractivity contribution >= 4 is 74.1 Å². The zero-order valence-electron chi connectivity index (χ0n) is 14.5. The van der Waals surface area contributed by atoms with Crippen LogP contribution in [0.15, 0.2) is 35.7 Å². The van der Waals surface area contributed by atoms with Gasteiger partial charge in [-0.05, 0) is 63.5 Å². The molecule has 29 heavy (non-hydrogen) atoms. The third-order valence-electron chi connectivity index (χ3n) is 3.30. The number of ether oxygens (including phenoxy) is 1. The van der Waals surface area contributed by atoms with Gasteiger partial charge in [-0.2, -0.15) is 0 Å². The van der Waals surface area contributed by atoms with E-state index >= 15 is 0 Å². The Morgan fingerprint density at radius 1 is 1.45 bits per heavy atom. The number of fused-ring (bicyclic) bond motifs is 1. The summed E-state index contributed by atoms with van der Waals surface area (Å²) < 4.78 is 16.0. The second-order valence-electron chi connectivity index (χ2n) is 5.19. The van der Waals surface area contributed by atoms with Crippen LogP contribution in [0.5, 0.6) is 5.75 Å². The molecule has 0 spiro atoms. The third kappa shape index (κ3) is 5.39. The van der Waals surface area contributed by atoms with E-state index in [0.29, 0.717) is 35.4 Å². The molecule has 0 amide bonds. The lowest BCUT2D eigenvalue weighted by atomic mass is 10.3. The van der Waals surface area contributed by atoms with Crippen LogP contribution in [-0.2, 0) is 0 Å². The maximum Gasteiger partial charge on any atom is 0.289 e. The van der Waals surface area contributed by atoms with E-state index in [4.69, 9.17) is 16.5 Å². The molecule has 154 valence electrons. The van der Waals surface area contributed by atoms with E-state index in [1.165, 1.54) is 6.33 Å². The summed E-state index contributed by atoms with van der Waals surface area (Å²) in [5.74, 6) is 1.06. The predicted molar refractivity (Wildman–Crippen MR) is 113 cm³/mol. The Labute approximate surface area is 185 Å². The van der Waals surface area contributed by atoms with E-state index in [1.54, 1.807) is 24.3 Å². The van der Waals surface area contributed by atoms with Crippen LogP contribution in [0, 0.1) is 10.1 Å². The molecule has 10 nitrogen and oxygen atoms in total. The quantitative estimate of drug-likeness (QED) is 0.0462. The van der Waals surface area contributed by atoms with E-state index < -0.39 is 7.44 Å². The molecule has 3 aromatic rings. The molecule has 0 aliphatic rings. The highest BCUT2D eigenvalue weighted by molar-refractivity contribution is 9.13. The summed E-state index contributed by atoms with van der Waals surface area (Å²) in [5, 5.41) is 14.0. The number of anilines is 2. The number of benzene rings is 1. The predicted octanol–water partition coefficient (Wildman–Crippen LogP) is 4.86. The number of nitrogens with zero attached hydrogens (tertiary/aromatic N) is 5. The SMILES string of the molecule is CCOc1ccc(Nc2nc(SC(Br)(S[N+](=O)[O-])N(F)Cl)nc3nc[nH]c23)cc1. The molecule has 0 aliphatic carbocycles. The topological polar surface area (TPSA) is 122 Å². The molecule has 1 atom stereocenters. The average Bonchev–Trinajstić information content (AvgIpc) is 3.11. The largest absolute Gasteiger partial charge is 0.494 e. The van der Waals surface area contributed by atoms with Gasteiger partial charge in [0.15, 0.2) is 16.6 Å². The number of hydrogen-bond acceptors (Lipinski definition) is 10. The Morgan fingerprint density at radius 3 is 2.79 bits per heavy atom. The Balaban J connectivity index is 1.92. The second kappa shape index (κ2) is 9.30. The van der Waals surface area contributed by atoms with E-state index in [1.807, 2.05) is 6.92 Å². The van der Waals surface area contributed by atoms with Gasteiger partial charge >= 0.3 is 0 Å². The maximum absolute atomic E-state index is 13.7. The van der Waals surface area contributed by atoms with Crippen LogP contribution in [0.25, 0.3) is 11.2 Å². The molecule has 0 bridgehead atoms. The number of hydrogen-bond donors (Lipinski definition) is 2. The molecule has 0 saturated heterocycles. The van der Waals surface area contributed by atoms with Crippen molar-refractivity contribution in [2.75, 3.05) is 11.9 Å². The minimum Gasteiger partial charge on any atom is -0.494 e. The average molecular weight is 525 g/mol. The Hall–Kier alpha value is -1.87. The molecule has 0 saturated carbocycles. The summed E-state index contributed by atoms with van der Waals surface area (Å²) in [4.78, 5) is 26.4. The van der Waals surface area contributed by atoms with E-state index in [0.717, 1.165) is 5.75 Å². The molecule has 2 aromatic heterocycles. The van der Waals surface area contributed by atoms with Crippen LogP contribution in [0.4, 0.5) is 16.0 Å². The van der Waals surface area contributed by atoms with Gasteiger partial charge in [-0.1, -0.05) is 0 Å². The molecular formula is C14H12BrClFN7O3S2. The first-order chi connectivity index (χ1) is 13.8. The van der Waals surface area contributed by atoms with Gasteiger partial charge < -0.3 is 15.0 Å². The second-order valence-corrected chi connectivity index (χ2v) is 10.2. The zero-order chi connectivity index (χ0) is 21.0. The normalized spacial score (nSPS) is 13.4. The molecular weight excluding hydrogens is 513 g/mol. The van der Waals surface area contributed by atoms with Crippen LogP contribution in [0.2, 0.25) is 0 Å². The summed E-state index contributed by atoms with van der Waals surface area (Å²) in [5.41, 5.74) is 1.50. The van der Waals surface area contributed by atoms with Crippen molar-refractivity contribution in [3.05, 3.63) is 40.7 Å². The van der Waals surface area contributed by atoms with E-state index in [2.05, 4.69) is 41.2 Å². The zero-order valence-corrected chi connectivity index (χ0v) is 18.5. The summed E-state index contributed by atoms with van der Waals surface area (Å²) in [6.45, 7) is 2.44. The van der Waals surface area contributed by atoms with Crippen LogP contribution in [-0.4, -0.2) is 38.6 Å². The van der Waals surface area contributed by atoms with Gasteiger partial charge in [-0.25, -0.2) is 15.0 Å². The summed E-state index contributed by atoms with van der Waals surface area (Å²) in [7, 11) is 0. The summed E-state index contributed by atoms with van der Waals surface area (Å²) in [6, 6.07) is 7.17. The van der Waals surface area contributed by atoms with Gasteiger partial charge in [0.05, 0.1) is 12.9 Å². The summed E-state index contributed by atoms with van der Waals surface area (Å²) in [6.07, 6.45) is 1.42. The number of alkyl halides is 1. The molecule has 0 radical (unpaired) electrons. The standard InChI is InChI=1S/C14H12BrClFN7O3S2/c1-2-27-9-5-3-8(4-6-9)20-12-10-11(19-7-18-10)21-13(22-12)28-14(15,23(16)17)29-24(25)26/h3-7H,2H2,1H3,(H2,18,19,20,21,22).